The van der Waals surface area contributed by atoms with Crippen LogP contribution in [-0.4, -0.2) is 20.4 Å². The average molecular weight is 458 g/mol. The predicted molar refractivity (Wildman–Crippen MR) is 130 cm³/mol. The van der Waals surface area contributed by atoms with E-state index in [1.165, 1.54) is 0 Å². The molecule has 0 saturated carbocycles. The van der Waals surface area contributed by atoms with Crippen LogP contribution >= 0.6 is 0 Å². The minimum atomic E-state index is -3.83. The number of aromatic nitrogens is 2. The minimum absolute atomic E-state index is 0.264. The first-order chi connectivity index (χ1) is 15.8. The molecule has 3 heterocycles. The van der Waals surface area contributed by atoms with Gasteiger partial charge < -0.3 is 4.90 Å². The first-order valence-corrected chi connectivity index (χ1v) is 12.1. The molecule has 1 aliphatic rings. The Morgan fingerprint density at radius 1 is 0.788 bits per heavy atom. The summed E-state index contributed by atoms with van der Waals surface area (Å²) in [5.74, 6) is 0. The van der Waals surface area contributed by atoms with Crippen molar-refractivity contribution in [2.24, 2.45) is 14.1 Å². The van der Waals surface area contributed by atoms with Gasteiger partial charge in [0.2, 0.25) is 9.84 Å². The molecule has 0 bridgehead atoms. The van der Waals surface area contributed by atoms with Crippen molar-refractivity contribution >= 4 is 20.3 Å². The highest BCUT2D eigenvalue weighted by Crippen LogP contribution is 2.36. The van der Waals surface area contributed by atoms with Gasteiger partial charge in [-0.25, -0.2) is 17.6 Å². The average Bonchev–Trinajstić information content (AvgIpc) is 2.82. The Bertz CT molecular complexity index is 1350. The maximum absolute atomic E-state index is 14.0. The third-order valence-corrected chi connectivity index (χ3v) is 7.30. The lowest BCUT2D eigenvalue weighted by atomic mass is 10.0. The van der Waals surface area contributed by atoms with Gasteiger partial charge >= 0.3 is 0 Å². The first-order valence-electron chi connectivity index (χ1n) is 10.6. The maximum Gasteiger partial charge on any atom is 0.207 e. The monoisotopic (exact) mass is 457 g/mol. The van der Waals surface area contributed by atoms with Gasteiger partial charge in [0.1, 0.15) is 14.1 Å². The van der Waals surface area contributed by atoms with Gasteiger partial charge in [-0.1, -0.05) is 18.2 Å². The van der Waals surface area contributed by atoms with Crippen LogP contribution in [0.3, 0.4) is 0 Å². The molecule has 0 spiro atoms. The second kappa shape index (κ2) is 9.38. The highest BCUT2D eigenvalue weighted by atomic mass is 32.2. The van der Waals surface area contributed by atoms with Crippen LogP contribution < -0.4 is 9.13 Å². The van der Waals surface area contributed by atoms with Crippen LogP contribution in [0.1, 0.15) is 11.1 Å². The predicted octanol–water partition coefficient (Wildman–Crippen LogP) is 3.58. The Hall–Kier alpha value is -3.77. The van der Waals surface area contributed by atoms with Crippen LogP contribution in [0.2, 0.25) is 0 Å². The molecule has 33 heavy (non-hydrogen) atoms. The van der Waals surface area contributed by atoms with Gasteiger partial charge in [-0.2, -0.15) is 0 Å². The molecule has 0 aliphatic carbocycles. The van der Waals surface area contributed by atoms with E-state index in [0.29, 0.717) is 11.1 Å². The van der Waals surface area contributed by atoms with Crippen molar-refractivity contribution in [2.75, 3.05) is 7.05 Å². The van der Waals surface area contributed by atoms with Gasteiger partial charge in [0.15, 0.2) is 24.8 Å². The number of hydrogen-bond donors (Lipinski definition) is 0. The molecule has 5 nitrogen and oxygen atoms in total. The molecular weight excluding hydrogens is 430 g/mol. The van der Waals surface area contributed by atoms with Crippen molar-refractivity contribution in [3.8, 4) is 0 Å². The van der Waals surface area contributed by atoms with E-state index in [1.54, 1.807) is 24.3 Å². The molecule has 0 unspecified atom stereocenters. The number of hydrogen-bond acceptors (Lipinski definition) is 3. The lowest BCUT2D eigenvalue weighted by Gasteiger charge is -2.16. The topological polar surface area (TPSA) is 45.1 Å². The van der Waals surface area contributed by atoms with Crippen molar-refractivity contribution in [2.45, 2.75) is 4.90 Å². The van der Waals surface area contributed by atoms with E-state index in [0.717, 1.165) is 11.1 Å². The van der Waals surface area contributed by atoms with E-state index >= 15 is 0 Å². The second-order valence-corrected chi connectivity index (χ2v) is 9.89. The standard InChI is InChI=1S/C27H27N3O2S/c1-28-15-9-22(10-16-28)21-26(23-11-17-29(2)18-12-23)27(24-13-19-30(3)20-14-24)33(31,32)25-7-5-4-6-8-25/h4-21H,1-3H3/q+2. The minimum Gasteiger partial charge on any atom is -0.357 e. The zero-order valence-corrected chi connectivity index (χ0v) is 19.8. The van der Waals surface area contributed by atoms with Crippen molar-refractivity contribution < 1.29 is 17.6 Å². The normalized spacial score (nSPS) is 14.3. The number of rotatable bonds is 5. The van der Waals surface area contributed by atoms with Gasteiger partial charge in [-0.15, -0.1) is 0 Å². The summed E-state index contributed by atoms with van der Waals surface area (Å²) in [7, 11) is 1.97. The van der Waals surface area contributed by atoms with Gasteiger partial charge in [-0.05, 0) is 41.5 Å². The van der Waals surface area contributed by atoms with E-state index in [-0.39, 0.29) is 9.80 Å². The molecule has 1 aliphatic heterocycles. The summed E-state index contributed by atoms with van der Waals surface area (Å²) in [4.78, 5) is 2.48. The second-order valence-electron chi connectivity index (χ2n) is 8.01. The van der Waals surface area contributed by atoms with Crippen LogP contribution in [0.5, 0.6) is 0 Å². The van der Waals surface area contributed by atoms with Crippen LogP contribution in [0.25, 0.3) is 10.5 Å². The zero-order chi connectivity index (χ0) is 23.4. The third-order valence-electron chi connectivity index (χ3n) is 5.41. The van der Waals surface area contributed by atoms with Gasteiger partial charge in [0.05, 0.1) is 9.80 Å². The van der Waals surface area contributed by atoms with E-state index in [9.17, 15) is 8.42 Å². The number of allylic oxidation sites excluding steroid dienone is 5. The van der Waals surface area contributed by atoms with E-state index in [4.69, 9.17) is 0 Å². The number of nitrogens with zero attached hydrogens (tertiary/aromatic N) is 3. The Balaban J connectivity index is 2.07. The molecule has 0 atom stereocenters. The number of sulfone groups is 1. The fourth-order valence-corrected chi connectivity index (χ4v) is 5.23. The molecule has 4 rings (SSSR count). The third kappa shape index (κ3) is 5.02. The fraction of sp³-hybridized carbons (Fsp3) is 0.111. The number of pyridine rings is 2. The van der Waals surface area contributed by atoms with Crippen molar-refractivity contribution in [1.29, 1.82) is 0 Å². The number of aryl methyl sites for hydroxylation is 2. The molecule has 0 fully saturated rings. The van der Waals surface area contributed by atoms with Gasteiger partial charge in [0.25, 0.3) is 0 Å². The highest BCUT2D eigenvalue weighted by Gasteiger charge is 2.27. The summed E-state index contributed by atoms with van der Waals surface area (Å²) < 4.78 is 31.9. The Kier molecular flexibility index (Phi) is 6.38. The summed E-state index contributed by atoms with van der Waals surface area (Å²) >= 11 is 0. The number of benzene rings is 1. The molecule has 0 amide bonds. The molecule has 3 aromatic rings. The summed E-state index contributed by atoms with van der Waals surface area (Å²) in [6.45, 7) is 0. The largest absolute Gasteiger partial charge is 0.357 e. The fourth-order valence-electron chi connectivity index (χ4n) is 3.56. The van der Waals surface area contributed by atoms with E-state index in [1.807, 2.05) is 121 Å². The van der Waals surface area contributed by atoms with Crippen LogP contribution in [0, 0.1) is 0 Å². The molecule has 2 aromatic heterocycles. The van der Waals surface area contributed by atoms with Crippen molar-refractivity contribution in [3.05, 3.63) is 127 Å². The molecule has 6 heteroatoms. The lowest BCUT2D eigenvalue weighted by molar-refractivity contribution is -0.671. The van der Waals surface area contributed by atoms with E-state index < -0.39 is 9.84 Å². The van der Waals surface area contributed by atoms with Crippen LogP contribution in [-0.2, 0) is 23.9 Å². The van der Waals surface area contributed by atoms with Crippen LogP contribution in [0.4, 0.5) is 0 Å². The van der Waals surface area contributed by atoms with Crippen molar-refractivity contribution in [3.63, 3.8) is 0 Å². The smallest absolute Gasteiger partial charge is 0.207 e. The molecule has 0 saturated heterocycles. The van der Waals surface area contributed by atoms with Crippen molar-refractivity contribution in [1.82, 2.24) is 4.90 Å². The molecular formula is C27H27N3O2S+2. The lowest BCUT2D eigenvalue weighted by Crippen LogP contribution is -2.26. The zero-order valence-electron chi connectivity index (χ0n) is 19.0. The summed E-state index contributed by atoms with van der Waals surface area (Å²) in [5, 5.41) is 0. The molecule has 0 N–H and O–H groups in total. The Labute approximate surface area is 195 Å². The highest BCUT2D eigenvalue weighted by molar-refractivity contribution is 8.01. The van der Waals surface area contributed by atoms with Gasteiger partial charge in [-0.3, -0.25) is 0 Å². The summed E-state index contributed by atoms with van der Waals surface area (Å²) in [6.07, 6.45) is 17.4. The quantitative estimate of drug-likeness (QED) is 0.550. The van der Waals surface area contributed by atoms with Crippen LogP contribution in [0.15, 0.2) is 120 Å². The molecule has 0 radical (unpaired) electrons. The SMILES string of the molecule is CN1C=CC(=C/C(=C(/c2cc[n+](C)cc2)S(=O)(=O)c2ccccc2)c2cc[n+](C)cc2)C=C1. The Morgan fingerprint density at radius 2 is 1.30 bits per heavy atom. The molecule has 166 valence electrons. The summed E-state index contributed by atoms with van der Waals surface area (Å²) in [5.41, 5.74) is 3.02. The Morgan fingerprint density at radius 3 is 1.85 bits per heavy atom. The maximum atomic E-state index is 14.0. The first kappa shape index (κ1) is 22.4. The van der Waals surface area contributed by atoms with Gasteiger partial charge in [0, 0.05) is 54.8 Å². The van der Waals surface area contributed by atoms with E-state index in [2.05, 4.69) is 0 Å². The molecule has 1 aromatic carbocycles. The summed E-state index contributed by atoms with van der Waals surface area (Å²) in [6, 6.07) is 16.2.